The zero-order valence-corrected chi connectivity index (χ0v) is 9.48. The summed E-state index contributed by atoms with van der Waals surface area (Å²) in [6.07, 6.45) is 0. The molecule has 0 aliphatic heterocycles. The molecule has 6 heteroatoms. The van der Waals surface area contributed by atoms with Crippen molar-refractivity contribution in [2.45, 2.75) is 26.4 Å². The van der Waals surface area contributed by atoms with Gasteiger partial charge in [-0.3, -0.25) is 16.0 Å². The van der Waals surface area contributed by atoms with Crippen molar-refractivity contribution in [3.05, 3.63) is 28.3 Å². The molecule has 0 saturated heterocycles. The first-order valence-electron chi connectivity index (χ1n) is 4.78. The van der Waals surface area contributed by atoms with E-state index in [-0.39, 0.29) is 17.1 Å². The number of nitro benzene ring substituents is 1. The summed E-state index contributed by atoms with van der Waals surface area (Å²) >= 11 is 0. The van der Waals surface area contributed by atoms with E-state index in [0.717, 1.165) is 0 Å². The van der Waals surface area contributed by atoms with Gasteiger partial charge in [0.15, 0.2) is 5.75 Å². The Kier molecular flexibility index (Phi) is 3.34. The molecule has 0 fully saturated rings. The molecule has 0 unspecified atom stereocenters. The third-order valence-electron chi connectivity index (χ3n) is 1.75. The summed E-state index contributed by atoms with van der Waals surface area (Å²) in [6.45, 7) is 5.46. The van der Waals surface area contributed by atoms with E-state index in [9.17, 15) is 10.1 Å². The number of anilines is 1. The maximum Gasteiger partial charge on any atom is 0.335 e. The fraction of sp³-hybridized carbons (Fsp3) is 0.400. The van der Waals surface area contributed by atoms with Gasteiger partial charge in [-0.2, -0.15) is 0 Å². The van der Waals surface area contributed by atoms with Crippen molar-refractivity contribution in [1.29, 1.82) is 0 Å². The standard InChI is InChI=1S/C10H15N3O3/c1-10(2,3)16-8-6-4-5-7(12-11)9(8)13(14)15/h4-6,12H,11H2,1-3H3. The second kappa shape index (κ2) is 4.36. The topological polar surface area (TPSA) is 90.4 Å². The van der Waals surface area contributed by atoms with Crippen molar-refractivity contribution in [3.8, 4) is 5.75 Å². The summed E-state index contributed by atoms with van der Waals surface area (Å²) in [5.41, 5.74) is 1.86. The van der Waals surface area contributed by atoms with E-state index in [2.05, 4.69) is 5.43 Å². The number of nitro groups is 1. The number of nitrogens with two attached hydrogens (primary N) is 1. The molecule has 3 N–H and O–H groups in total. The number of nitrogens with zero attached hydrogens (tertiary/aromatic N) is 1. The molecule has 1 aromatic rings. The predicted molar refractivity (Wildman–Crippen MR) is 61.3 cm³/mol. The molecule has 1 aromatic carbocycles. The Balaban J connectivity index is 3.22. The van der Waals surface area contributed by atoms with Crippen LogP contribution in [-0.2, 0) is 0 Å². The Morgan fingerprint density at radius 3 is 2.50 bits per heavy atom. The molecular formula is C10H15N3O3. The highest BCUT2D eigenvalue weighted by molar-refractivity contribution is 5.67. The van der Waals surface area contributed by atoms with E-state index in [4.69, 9.17) is 10.6 Å². The molecule has 6 nitrogen and oxygen atoms in total. The average molecular weight is 225 g/mol. The van der Waals surface area contributed by atoms with Crippen molar-refractivity contribution >= 4 is 11.4 Å². The van der Waals surface area contributed by atoms with Crippen LogP contribution in [0.5, 0.6) is 5.75 Å². The van der Waals surface area contributed by atoms with Crippen LogP contribution in [0.2, 0.25) is 0 Å². The van der Waals surface area contributed by atoms with Crippen LogP contribution in [0, 0.1) is 10.1 Å². The van der Waals surface area contributed by atoms with Crippen molar-refractivity contribution in [3.63, 3.8) is 0 Å². The lowest BCUT2D eigenvalue weighted by Crippen LogP contribution is -2.23. The van der Waals surface area contributed by atoms with E-state index >= 15 is 0 Å². The van der Waals surface area contributed by atoms with Crippen molar-refractivity contribution in [1.82, 2.24) is 0 Å². The number of hydrazine groups is 1. The van der Waals surface area contributed by atoms with E-state index < -0.39 is 10.5 Å². The summed E-state index contributed by atoms with van der Waals surface area (Å²) in [4.78, 5) is 10.4. The van der Waals surface area contributed by atoms with Gasteiger partial charge >= 0.3 is 5.69 Å². The molecule has 0 atom stereocenters. The van der Waals surface area contributed by atoms with Crippen LogP contribution in [0.4, 0.5) is 11.4 Å². The lowest BCUT2D eigenvalue weighted by atomic mass is 10.2. The number of hydrogen-bond donors (Lipinski definition) is 2. The molecule has 0 amide bonds. The first-order chi connectivity index (χ1) is 7.35. The van der Waals surface area contributed by atoms with Gasteiger partial charge in [0, 0.05) is 0 Å². The largest absolute Gasteiger partial charge is 0.481 e. The maximum atomic E-state index is 10.9. The molecule has 0 bridgehead atoms. The Hall–Kier alpha value is -1.82. The smallest absolute Gasteiger partial charge is 0.335 e. The quantitative estimate of drug-likeness (QED) is 0.466. The number of rotatable bonds is 3. The second-order valence-electron chi connectivity index (χ2n) is 4.27. The monoisotopic (exact) mass is 225 g/mol. The summed E-state index contributed by atoms with van der Waals surface area (Å²) in [6, 6.07) is 4.71. The normalized spacial score (nSPS) is 11.0. The second-order valence-corrected chi connectivity index (χ2v) is 4.27. The summed E-state index contributed by atoms with van der Waals surface area (Å²) in [5, 5.41) is 10.9. The molecule has 0 aliphatic carbocycles. The highest BCUT2D eigenvalue weighted by Gasteiger charge is 2.24. The van der Waals surface area contributed by atoms with Crippen molar-refractivity contribution in [2.75, 3.05) is 5.43 Å². The van der Waals surface area contributed by atoms with Gasteiger partial charge in [-0.25, -0.2) is 0 Å². The van der Waals surface area contributed by atoms with Crippen LogP contribution in [0.3, 0.4) is 0 Å². The SMILES string of the molecule is CC(C)(C)Oc1cccc(NN)c1[N+](=O)[O-]. The zero-order valence-electron chi connectivity index (χ0n) is 9.48. The number of nitrogen functional groups attached to an aromatic ring is 1. The highest BCUT2D eigenvalue weighted by atomic mass is 16.6. The van der Waals surface area contributed by atoms with Gasteiger partial charge in [-0.15, -0.1) is 0 Å². The lowest BCUT2D eigenvalue weighted by molar-refractivity contribution is -0.385. The van der Waals surface area contributed by atoms with E-state index in [1.165, 1.54) is 6.07 Å². The number of benzene rings is 1. The Morgan fingerprint density at radius 1 is 1.44 bits per heavy atom. The fourth-order valence-electron chi connectivity index (χ4n) is 1.24. The molecule has 0 aliphatic rings. The van der Waals surface area contributed by atoms with Crippen LogP contribution in [0.25, 0.3) is 0 Å². The van der Waals surface area contributed by atoms with E-state index in [0.29, 0.717) is 0 Å². The van der Waals surface area contributed by atoms with Crippen molar-refractivity contribution < 1.29 is 9.66 Å². The van der Waals surface area contributed by atoms with Gasteiger partial charge in [-0.05, 0) is 32.9 Å². The zero-order chi connectivity index (χ0) is 12.3. The molecule has 16 heavy (non-hydrogen) atoms. The first kappa shape index (κ1) is 12.3. The van der Waals surface area contributed by atoms with Crippen LogP contribution in [0.15, 0.2) is 18.2 Å². The van der Waals surface area contributed by atoms with Crippen molar-refractivity contribution in [2.24, 2.45) is 5.84 Å². The minimum absolute atomic E-state index is 0.153. The molecule has 0 radical (unpaired) electrons. The summed E-state index contributed by atoms with van der Waals surface area (Å²) in [7, 11) is 0. The number of hydrogen-bond acceptors (Lipinski definition) is 5. The molecular weight excluding hydrogens is 210 g/mol. The van der Waals surface area contributed by atoms with Gasteiger partial charge in [0.25, 0.3) is 0 Å². The van der Waals surface area contributed by atoms with Crippen LogP contribution < -0.4 is 16.0 Å². The Bertz CT molecular complexity index is 399. The van der Waals surface area contributed by atoms with Crippen LogP contribution in [-0.4, -0.2) is 10.5 Å². The number of nitrogens with one attached hydrogen (secondary N) is 1. The van der Waals surface area contributed by atoms with E-state index in [1.807, 2.05) is 20.8 Å². The summed E-state index contributed by atoms with van der Waals surface area (Å²) < 4.78 is 5.50. The molecule has 0 saturated carbocycles. The predicted octanol–water partition coefficient (Wildman–Crippen LogP) is 2.06. The lowest BCUT2D eigenvalue weighted by Gasteiger charge is -2.21. The van der Waals surface area contributed by atoms with E-state index in [1.54, 1.807) is 12.1 Å². The molecule has 0 heterocycles. The first-order valence-corrected chi connectivity index (χ1v) is 4.78. The molecule has 0 aromatic heterocycles. The maximum absolute atomic E-state index is 10.9. The number of ether oxygens (including phenoxy) is 1. The minimum Gasteiger partial charge on any atom is -0.481 e. The molecule has 0 spiro atoms. The fourth-order valence-corrected chi connectivity index (χ4v) is 1.24. The average Bonchev–Trinajstić information content (AvgIpc) is 2.14. The third kappa shape index (κ3) is 2.83. The third-order valence-corrected chi connectivity index (χ3v) is 1.75. The minimum atomic E-state index is -0.518. The van der Waals surface area contributed by atoms with Crippen LogP contribution in [0.1, 0.15) is 20.8 Å². The van der Waals surface area contributed by atoms with Gasteiger partial charge in [-0.1, -0.05) is 6.07 Å². The van der Waals surface area contributed by atoms with Gasteiger partial charge < -0.3 is 10.2 Å². The Morgan fingerprint density at radius 2 is 2.06 bits per heavy atom. The Labute approximate surface area is 93.5 Å². The highest BCUT2D eigenvalue weighted by Crippen LogP contribution is 2.35. The molecule has 1 rings (SSSR count). The van der Waals surface area contributed by atoms with Crippen LogP contribution >= 0.6 is 0 Å². The summed E-state index contributed by atoms with van der Waals surface area (Å²) in [5.74, 6) is 5.41. The molecule has 88 valence electrons. The van der Waals surface area contributed by atoms with Gasteiger partial charge in [0.05, 0.1) is 4.92 Å². The van der Waals surface area contributed by atoms with Gasteiger partial charge in [0.2, 0.25) is 0 Å². The van der Waals surface area contributed by atoms with Gasteiger partial charge in [0.1, 0.15) is 11.3 Å². The number of para-hydroxylation sites is 1.